The number of carbonyl (C=O) groups is 2. The number of anilines is 1. The summed E-state index contributed by atoms with van der Waals surface area (Å²) in [6.45, 7) is 6.45. The van der Waals surface area contributed by atoms with Gasteiger partial charge in [-0.3, -0.25) is 9.59 Å². The number of benzene rings is 2. The van der Waals surface area contributed by atoms with Crippen molar-refractivity contribution in [1.29, 1.82) is 0 Å². The predicted octanol–water partition coefficient (Wildman–Crippen LogP) is 3.99. The van der Waals surface area contributed by atoms with E-state index in [9.17, 15) is 9.59 Å². The second-order valence-electron chi connectivity index (χ2n) is 6.22. The molecule has 0 heterocycles. The van der Waals surface area contributed by atoms with Crippen LogP contribution in [0.25, 0.3) is 0 Å². The molecule has 0 spiro atoms. The van der Waals surface area contributed by atoms with Gasteiger partial charge in [-0.25, -0.2) is 0 Å². The van der Waals surface area contributed by atoms with E-state index in [1.54, 1.807) is 0 Å². The predicted molar refractivity (Wildman–Crippen MR) is 103 cm³/mol. The third kappa shape index (κ3) is 5.62. The van der Waals surface area contributed by atoms with Crippen molar-refractivity contribution in [2.24, 2.45) is 0 Å². The van der Waals surface area contributed by atoms with Crippen LogP contribution in [-0.4, -0.2) is 18.4 Å². The zero-order chi connectivity index (χ0) is 18.9. The van der Waals surface area contributed by atoms with E-state index in [0.29, 0.717) is 6.61 Å². The fourth-order valence-electron chi connectivity index (χ4n) is 2.61. The van der Waals surface area contributed by atoms with E-state index in [1.165, 1.54) is 0 Å². The van der Waals surface area contributed by atoms with Crippen LogP contribution in [0.3, 0.4) is 0 Å². The number of carbonyl (C=O) groups excluding carboxylic acids is 2. The standard InChI is InChI=1S/C21H26N2O3/c1-4-13-26-19-12-8-6-10-17(19)16(3)22-20(24)14-21(25)23-18-11-7-5-9-15(18)2/h5-12,16H,4,13-14H2,1-3H3,(H,22,24)(H,23,25)/t16-/m0/s1. The summed E-state index contributed by atoms with van der Waals surface area (Å²) in [5.41, 5.74) is 2.57. The summed E-state index contributed by atoms with van der Waals surface area (Å²) in [4.78, 5) is 24.3. The molecule has 0 saturated heterocycles. The molecule has 2 rings (SSSR count). The normalized spacial score (nSPS) is 11.5. The van der Waals surface area contributed by atoms with Gasteiger partial charge in [0.2, 0.25) is 11.8 Å². The van der Waals surface area contributed by atoms with Crippen molar-refractivity contribution in [2.75, 3.05) is 11.9 Å². The SMILES string of the molecule is CCCOc1ccccc1[C@H](C)NC(=O)CC(=O)Nc1ccccc1C. The minimum atomic E-state index is -0.334. The summed E-state index contributed by atoms with van der Waals surface area (Å²) >= 11 is 0. The number of para-hydroxylation sites is 2. The van der Waals surface area contributed by atoms with Gasteiger partial charge in [0.15, 0.2) is 0 Å². The van der Waals surface area contributed by atoms with Crippen molar-refractivity contribution in [2.45, 2.75) is 39.7 Å². The molecule has 0 aliphatic carbocycles. The van der Waals surface area contributed by atoms with Gasteiger partial charge in [0, 0.05) is 11.3 Å². The second kappa shape index (κ2) is 9.61. The van der Waals surface area contributed by atoms with E-state index < -0.39 is 0 Å². The molecule has 0 unspecified atom stereocenters. The first-order chi connectivity index (χ1) is 12.5. The highest BCUT2D eigenvalue weighted by molar-refractivity contribution is 6.03. The maximum atomic E-state index is 12.2. The molecule has 2 aromatic rings. The van der Waals surface area contributed by atoms with Gasteiger partial charge in [-0.2, -0.15) is 0 Å². The highest BCUT2D eigenvalue weighted by Gasteiger charge is 2.16. The molecular formula is C21H26N2O3. The lowest BCUT2D eigenvalue weighted by Gasteiger charge is -2.18. The molecule has 5 heteroatoms. The molecule has 0 aliphatic heterocycles. The molecule has 0 radical (unpaired) electrons. The lowest BCUT2D eigenvalue weighted by molar-refractivity contribution is -0.127. The number of amides is 2. The Bertz CT molecular complexity index is 758. The average molecular weight is 354 g/mol. The van der Waals surface area contributed by atoms with Gasteiger partial charge in [0.1, 0.15) is 12.2 Å². The summed E-state index contributed by atoms with van der Waals surface area (Å²) in [5, 5.41) is 5.63. The van der Waals surface area contributed by atoms with E-state index in [2.05, 4.69) is 10.6 Å². The first-order valence-corrected chi connectivity index (χ1v) is 8.87. The van der Waals surface area contributed by atoms with Crippen LogP contribution in [-0.2, 0) is 9.59 Å². The number of aryl methyl sites for hydroxylation is 1. The third-order valence-electron chi connectivity index (χ3n) is 3.96. The van der Waals surface area contributed by atoms with Crippen molar-refractivity contribution >= 4 is 17.5 Å². The first-order valence-electron chi connectivity index (χ1n) is 8.87. The van der Waals surface area contributed by atoms with Gasteiger partial charge in [-0.1, -0.05) is 43.3 Å². The van der Waals surface area contributed by atoms with Crippen LogP contribution in [0.15, 0.2) is 48.5 Å². The molecule has 5 nitrogen and oxygen atoms in total. The summed E-state index contributed by atoms with van der Waals surface area (Å²) in [5.74, 6) is 0.0971. The molecular weight excluding hydrogens is 328 g/mol. The zero-order valence-electron chi connectivity index (χ0n) is 15.5. The zero-order valence-corrected chi connectivity index (χ0v) is 15.5. The summed E-state index contributed by atoms with van der Waals surface area (Å²) in [7, 11) is 0. The molecule has 1 atom stereocenters. The van der Waals surface area contributed by atoms with Crippen LogP contribution in [0.5, 0.6) is 5.75 Å². The maximum absolute atomic E-state index is 12.2. The van der Waals surface area contributed by atoms with E-state index in [0.717, 1.165) is 29.0 Å². The summed E-state index contributed by atoms with van der Waals surface area (Å²) in [6.07, 6.45) is 0.685. The van der Waals surface area contributed by atoms with Gasteiger partial charge >= 0.3 is 0 Å². The summed E-state index contributed by atoms with van der Waals surface area (Å²) in [6, 6.07) is 14.8. The van der Waals surface area contributed by atoms with Gasteiger partial charge < -0.3 is 15.4 Å². The van der Waals surface area contributed by atoms with Crippen LogP contribution in [0, 0.1) is 6.92 Å². The fraction of sp³-hybridized carbons (Fsp3) is 0.333. The van der Waals surface area contributed by atoms with Crippen molar-refractivity contribution < 1.29 is 14.3 Å². The Morgan fingerprint density at radius 1 is 1.04 bits per heavy atom. The second-order valence-corrected chi connectivity index (χ2v) is 6.22. The molecule has 0 bridgehead atoms. The molecule has 0 fully saturated rings. The van der Waals surface area contributed by atoms with Crippen LogP contribution >= 0.6 is 0 Å². The van der Waals surface area contributed by atoms with Gasteiger partial charge in [-0.15, -0.1) is 0 Å². The highest BCUT2D eigenvalue weighted by atomic mass is 16.5. The molecule has 0 aliphatic rings. The topological polar surface area (TPSA) is 67.4 Å². The molecule has 2 N–H and O–H groups in total. The lowest BCUT2D eigenvalue weighted by Crippen LogP contribution is -2.30. The van der Waals surface area contributed by atoms with E-state index >= 15 is 0 Å². The van der Waals surface area contributed by atoms with E-state index in [4.69, 9.17) is 4.74 Å². The van der Waals surface area contributed by atoms with Crippen LogP contribution < -0.4 is 15.4 Å². The third-order valence-corrected chi connectivity index (χ3v) is 3.96. The maximum Gasteiger partial charge on any atom is 0.233 e. The van der Waals surface area contributed by atoms with Crippen molar-refractivity contribution in [3.05, 3.63) is 59.7 Å². The number of hydrogen-bond acceptors (Lipinski definition) is 3. The van der Waals surface area contributed by atoms with E-state index in [-0.39, 0.29) is 24.3 Å². The van der Waals surface area contributed by atoms with E-state index in [1.807, 2.05) is 69.3 Å². The van der Waals surface area contributed by atoms with Crippen molar-refractivity contribution in [3.8, 4) is 5.75 Å². The smallest absolute Gasteiger partial charge is 0.233 e. The molecule has 2 amide bonds. The monoisotopic (exact) mass is 354 g/mol. The average Bonchev–Trinajstić information content (AvgIpc) is 2.62. The Morgan fingerprint density at radius 2 is 1.73 bits per heavy atom. The van der Waals surface area contributed by atoms with Crippen molar-refractivity contribution in [1.82, 2.24) is 5.32 Å². The van der Waals surface area contributed by atoms with Crippen LogP contribution in [0.1, 0.15) is 43.9 Å². The Kier molecular flexibility index (Phi) is 7.21. The first kappa shape index (κ1) is 19.5. The number of ether oxygens (including phenoxy) is 1. The molecule has 0 aromatic heterocycles. The fourth-order valence-corrected chi connectivity index (χ4v) is 2.61. The Labute approximate surface area is 154 Å². The highest BCUT2D eigenvalue weighted by Crippen LogP contribution is 2.25. The van der Waals surface area contributed by atoms with Crippen molar-refractivity contribution in [3.63, 3.8) is 0 Å². The minimum absolute atomic E-state index is 0.226. The number of nitrogens with one attached hydrogen (secondary N) is 2. The van der Waals surface area contributed by atoms with Gasteiger partial charge in [0.05, 0.1) is 12.6 Å². The molecule has 26 heavy (non-hydrogen) atoms. The Morgan fingerprint density at radius 3 is 2.46 bits per heavy atom. The lowest BCUT2D eigenvalue weighted by atomic mass is 10.1. The minimum Gasteiger partial charge on any atom is -0.493 e. The Hall–Kier alpha value is -2.82. The largest absolute Gasteiger partial charge is 0.493 e. The molecule has 138 valence electrons. The molecule has 0 saturated carbocycles. The van der Waals surface area contributed by atoms with Gasteiger partial charge in [0.25, 0.3) is 0 Å². The Balaban J connectivity index is 1.93. The van der Waals surface area contributed by atoms with Crippen LogP contribution in [0.2, 0.25) is 0 Å². The van der Waals surface area contributed by atoms with Gasteiger partial charge in [-0.05, 0) is 38.0 Å². The quantitative estimate of drug-likeness (QED) is 0.704. The molecule has 2 aromatic carbocycles. The summed E-state index contributed by atoms with van der Waals surface area (Å²) < 4.78 is 5.73. The van der Waals surface area contributed by atoms with Crippen LogP contribution in [0.4, 0.5) is 5.69 Å². The number of rotatable bonds is 8. The number of hydrogen-bond donors (Lipinski definition) is 2.